The van der Waals surface area contributed by atoms with E-state index in [4.69, 9.17) is 0 Å². The number of alkyl halides is 3. The number of hydrogen-bond acceptors (Lipinski definition) is 3. The summed E-state index contributed by atoms with van der Waals surface area (Å²) in [6.45, 7) is 1.79. The highest BCUT2D eigenvalue weighted by Gasteiger charge is 2.34. The predicted molar refractivity (Wildman–Crippen MR) is 80.6 cm³/mol. The smallest absolute Gasteiger partial charge is 0.358 e. The average Bonchev–Trinajstić information content (AvgIpc) is 2.53. The number of pyridine rings is 1. The summed E-state index contributed by atoms with van der Waals surface area (Å²) < 4.78 is 38.7. The third kappa shape index (κ3) is 4.70. The van der Waals surface area contributed by atoms with Gasteiger partial charge in [0.2, 0.25) is 5.91 Å². The van der Waals surface area contributed by atoms with Gasteiger partial charge >= 0.3 is 6.18 Å². The van der Waals surface area contributed by atoms with E-state index in [0.717, 1.165) is 11.6 Å². The number of nitrogens with zero attached hydrogens (tertiary/aromatic N) is 1. The summed E-state index contributed by atoms with van der Waals surface area (Å²) in [5, 5.41) is 5.18. The van der Waals surface area contributed by atoms with Crippen molar-refractivity contribution in [3.63, 3.8) is 0 Å². The lowest BCUT2D eigenvalue weighted by atomic mass is 10.2. The van der Waals surface area contributed by atoms with Crippen molar-refractivity contribution in [3.8, 4) is 0 Å². The topological polar surface area (TPSA) is 54.0 Å². The molecular weight excluding hydrogens is 307 g/mol. The van der Waals surface area contributed by atoms with Crippen molar-refractivity contribution < 1.29 is 18.0 Å². The molecular formula is C16H16F3N3O. The maximum atomic E-state index is 12.9. The van der Waals surface area contributed by atoms with Gasteiger partial charge in [0.05, 0.1) is 5.56 Å². The molecule has 0 bridgehead atoms. The van der Waals surface area contributed by atoms with Crippen LogP contribution >= 0.6 is 0 Å². The lowest BCUT2D eigenvalue weighted by Crippen LogP contribution is -2.37. The van der Waals surface area contributed by atoms with Crippen molar-refractivity contribution in [2.45, 2.75) is 25.7 Å². The van der Waals surface area contributed by atoms with Crippen molar-refractivity contribution in [2.24, 2.45) is 0 Å². The van der Waals surface area contributed by atoms with Gasteiger partial charge in [-0.2, -0.15) is 13.2 Å². The van der Waals surface area contributed by atoms with E-state index in [1.807, 2.05) is 30.3 Å². The summed E-state index contributed by atoms with van der Waals surface area (Å²) in [4.78, 5) is 15.7. The van der Waals surface area contributed by atoms with Gasteiger partial charge in [-0.05, 0) is 24.6 Å². The first-order valence-electron chi connectivity index (χ1n) is 6.98. The maximum Gasteiger partial charge on any atom is 0.419 e. The number of carbonyl (C=O) groups is 1. The zero-order valence-corrected chi connectivity index (χ0v) is 12.4. The van der Waals surface area contributed by atoms with Gasteiger partial charge in [-0.25, -0.2) is 4.98 Å². The summed E-state index contributed by atoms with van der Waals surface area (Å²) in [5.41, 5.74) is 0.00424. The quantitative estimate of drug-likeness (QED) is 0.888. The summed E-state index contributed by atoms with van der Waals surface area (Å²) in [6.07, 6.45) is -3.29. The molecule has 0 saturated heterocycles. The van der Waals surface area contributed by atoms with E-state index >= 15 is 0 Å². The minimum atomic E-state index is -4.53. The Hall–Kier alpha value is -2.57. The van der Waals surface area contributed by atoms with Gasteiger partial charge in [0.1, 0.15) is 11.9 Å². The fraction of sp³-hybridized carbons (Fsp3) is 0.250. The normalized spacial score (nSPS) is 12.5. The van der Waals surface area contributed by atoms with E-state index in [2.05, 4.69) is 15.6 Å². The molecule has 2 N–H and O–H groups in total. The third-order valence-electron chi connectivity index (χ3n) is 3.17. The predicted octanol–water partition coefficient (Wildman–Crippen LogP) is 3.22. The van der Waals surface area contributed by atoms with E-state index < -0.39 is 23.7 Å². The van der Waals surface area contributed by atoms with E-state index in [1.165, 1.54) is 19.2 Å². The van der Waals surface area contributed by atoms with Gasteiger partial charge in [-0.15, -0.1) is 0 Å². The second kappa shape index (κ2) is 7.13. The van der Waals surface area contributed by atoms with Gasteiger partial charge in [0.15, 0.2) is 0 Å². The van der Waals surface area contributed by atoms with Crippen molar-refractivity contribution in [3.05, 3.63) is 59.8 Å². The van der Waals surface area contributed by atoms with Gasteiger partial charge < -0.3 is 10.6 Å². The second-order valence-corrected chi connectivity index (χ2v) is 4.97. The van der Waals surface area contributed by atoms with Crippen LogP contribution < -0.4 is 10.6 Å². The number of aromatic nitrogens is 1. The van der Waals surface area contributed by atoms with Crippen LogP contribution in [0.25, 0.3) is 0 Å². The van der Waals surface area contributed by atoms with Gasteiger partial charge in [0.25, 0.3) is 0 Å². The number of hydrogen-bond donors (Lipinski definition) is 2. The summed E-state index contributed by atoms with van der Waals surface area (Å²) in [7, 11) is 0. The van der Waals surface area contributed by atoms with E-state index in [1.54, 1.807) is 0 Å². The third-order valence-corrected chi connectivity index (χ3v) is 3.17. The van der Waals surface area contributed by atoms with Crippen molar-refractivity contribution in [1.29, 1.82) is 0 Å². The standard InChI is InChI=1S/C16H16F3N3O/c1-11(15(23)21-10-12-6-3-2-4-7-12)22-14-13(16(17,18)19)8-5-9-20-14/h2-9,11H,10H2,1H3,(H,20,22)(H,21,23). The molecule has 1 unspecified atom stereocenters. The molecule has 0 fully saturated rings. The Labute approximate surface area is 131 Å². The molecule has 2 rings (SSSR count). The molecule has 23 heavy (non-hydrogen) atoms. The largest absolute Gasteiger partial charge is 0.419 e. The molecule has 7 heteroatoms. The average molecular weight is 323 g/mol. The highest BCUT2D eigenvalue weighted by Crippen LogP contribution is 2.33. The molecule has 0 radical (unpaired) electrons. The molecule has 0 aliphatic carbocycles. The molecule has 0 spiro atoms. The zero-order valence-electron chi connectivity index (χ0n) is 12.4. The molecule has 1 atom stereocenters. The highest BCUT2D eigenvalue weighted by molar-refractivity contribution is 5.84. The van der Waals surface area contributed by atoms with Crippen LogP contribution in [0.15, 0.2) is 48.7 Å². The molecule has 1 amide bonds. The maximum absolute atomic E-state index is 12.9. The molecule has 1 heterocycles. The van der Waals surface area contributed by atoms with E-state index in [-0.39, 0.29) is 5.82 Å². The van der Waals surface area contributed by atoms with Crippen molar-refractivity contribution in [2.75, 3.05) is 5.32 Å². The minimum Gasteiger partial charge on any atom is -0.358 e. The molecule has 1 aromatic heterocycles. The van der Waals surface area contributed by atoms with E-state index in [9.17, 15) is 18.0 Å². The van der Waals surface area contributed by atoms with Crippen molar-refractivity contribution in [1.82, 2.24) is 10.3 Å². The van der Waals surface area contributed by atoms with Gasteiger partial charge in [-0.3, -0.25) is 4.79 Å². The monoisotopic (exact) mass is 323 g/mol. The first-order valence-corrected chi connectivity index (χ1v) is 6.98. The summed E-state index contributed by atoms with van der Waals surface area (Å²) in [5.74, 6) is -0.769. The van der Waals surface area contributed by atoms with Crippen LogP contribution in [-0.4, -0.2) is 16.9 Å². The Morgan fingerprint density at radius 2 is 1.87 bits per heavy atom. The minimum absolute atomic E-state index is 0.306. The molecule has 0 saturated carbocycles. The van der Waals surface area contributed by atoms with Crippen LogP contribution in [0.3, 0.4) is 0 Å². The molecule has 1 aromatic carbocycles. The number of benzene rings is 1. The Morgan fingerprint density at radius 1 is 1.17 bits per heavy atom. The Balaban J connectivity index is 1.99. The Morgan fingerprint density at radius 3 is 2.52 bits per heavy atom. The van der Waals surface area contributed by atoms with Crippen LogP contribution in [0.2, 0.25) is 0 Å². The lowest BCUT2D eigenvalue weighted by Gasteiger charge is -2.18. The fourth-order valence-corrected chi connectivity index (χ4v) is 1.96. The van der Waals surface area contributed by atoms with Crippen LogP contribution in [-0.2, 0) is 17.5 Å². The molecule has 122 valence electrons. The van der Waals surface area contributed by atoms with Crippen LogP contribution in [0.5, 0.6) is 0 Å². The lowest BCUT2D eigenvalue weighted by molar-refractivity contribution is -0.137. The molecule has 2 aromatic rings. The molecule has 0 aliphatic heterocycles. The number of halogens is 3. The zero-order chi connectivity index (χ0) is 16.9. The Kier molecular flexibility index (Phi) is 5.20. The fourth-order valence-electron chi connectivity index (χ4n) is 1.96. The van der Waals surface area contributed by atoms with Crippen LogP contribution in [0.1, 0.15) is 18.1 Å². The number of nitrogens with one attached hydrogen (secondary N) is 2. The van der Waals surface area contributed by atoms with Gasteiger partial charge in [0, 0.05) is 12.7 Å². The highest BCUT2D eigenvalue weighted by atomic mass is 19.4. The number of rotatable bonds is 5. The summed E-state index contributed by atoms with van der Waals surface area (Å²) in [6, 6.07) is 10.5. The first kappa shape index (κ1) is 16.8. The number of anilines is 1. The number of amides is 1. The van der Waals surface area contributed by atoms with E-state index in [0.29, 0.717) is 6.54 Å². The van der Waals surface area contributed by atoms with Crippen LogP contribution in [0, 0.1) is 0 Å². The first-order chi connectivity index (χ1) is 10.9. The molecule has 0 aliphatic rings. The van der Waals surface area contributed by atoms with Crippen molar-refractivity contribution >= 4 is 11.7 Å². The van der Waals surface area contributed by atoms with Gasteiger partial charge in [-0.1, -0.05) is 30.3 Å². The second-order valence-electron chi connectivity index (χ2n) is 4.97. The van der Waals surface area contributed by atoms with Crippen LogP contribution in [0.4, 0.5) is 19.0 Å². The summed E-state index contributed by atoms with van der Waals surface area (Å²) >= 11 is 0. The SMILES string of the molecule is CC(Nc1ncccc1C(F)(F)F)C(=O)NCc1ccccc1. The number of carbonyl (C=O) groups excluding carboxylic acids is 1. The molecule has 4 nitrogen and oxygen atoms in total. The Bertz CT molecular complexity index is 659.